The Morgan fingerprint density at radius 3 is 2.76 bits per heavy atom. The van der Waals surface area contributed by atoms with E-state index in [4.69, 9.17) is 0 Å². The molecule has 1 aliphatic carbocycles. The number of carboxylic acid groups (broad SMARTS) is 1. The molecule has 112 valence electrons. The van der Waals surface area contributed by atoms with Gasteiger partial charge in [0, 0.05) is 11.0 Å². The van der Waals surface area contributed by atoms with Crippen molar-refractivity contribution in [3.8, 4) is 6.07 Å². The normalized spacial score (nSPS) is 25.1. The van der Waals surface area contributed by atoms with Crippen LogP contribution in [0.4, 0.5) is 5.69 Å². The molecule has 0 spiro atoms. The number of benzene rings is 1. The van der Waals surface area contributed by atoms with Crippen molar-refractivity contribution in [3.63, 3.8) is 0 Å². The number of hydrogen-bond acceptors (Lipinski definition) is 3. The highest BCUT2D eigenvalue weighted by molar-refractivity contribution is 9.10. The molecule has 1 saturated carbocycles. The topological polar surface area (TPSA) is 73.1 Å². The first kappa shape index (κ1) is 15.8. The lowest BCUT2D eigenvalue weighted by molar-refractivity contribution is -0.150. The van der Waals surface area contributed by atoms with E-state index in [2.05, 4.69) is 34.2 Å². The first-order valence-corrected chi connectivity index (χ1v) is 7.94. The number of rotatable bonds is 4. The molecule has 5 heteroatoms. The van der Waals surface area contributed by atoms with E-state index in [0.717, 1.165) is 17.3 Å². The van der Waals surface area contributed by atoms with Crippen LogP contribution in [0.5, 0.6) is 0 Å². The van der Waals surface area contributed by atoms with E-state index in [9.17, 15) is 15.2 Å². The molecule has 4 nitrogen and oxygen atoms in total. The molecule has 2 N–H and O–H groups in total. The summed E-state index contributed by atoms with van der Waals surface area (Å²) in [6.07, 6.45) is 3.26. The summed E-state index contributed by atoms with van der Waals surface area (Å²) in [6.45, 7) is 2.53. The highest BCUT2D eigenvalue weighted by atomic mass is 79.9. The van der Waals surface area contributed by atoms with Gasteiger partial charge in [-0.3, -0.25) is 4.79 Å². The Morgan fingerprint density at radius 2 is 2.19 bits per heavy atom. The maximum atomic E-state index is 11.7. The standard InChI is InChI=1S/C16H19BrN2O2/c1-11-5-7-16(8-6-11,15(20)21)10-19-14-4-2-3-13(17)12(14)9-18/h2-4,11,19H,5-8,10H2,1H3,(H,20,21). The van der Waals surface area contributed by atoms with E-state index < -0.39 is 11.4 Å². The minimum atomic E-state index is -0.740. The van der Waals surface area contributed by atoms with Gasteiger partial charge in [-0.15, -0.1) is 0 Å². The van der Waals surface area contributed by atoms with Crippen molar-refractivity contribution < 1.29 is 9.90 Å². The Balaban J connectivity index is 2.15. The second-order valence-electron chi connectivity index (χ2n) is 5.90. The van der Waals surface area contributed by atoms with Crippen molar-refractivity contribution in [3.05, 3.63) is 28.2 Å². The van der Waals surface area contributed by atoms with Gasteiger partial charge < -0.3 is 10.4 Å². The summed E-state index contributed by atoms with van der Waals surface area (Å²) in [4.78, 5) is 11.7. The molecule has 21 heavy (non-hydrogen) atoms. The molecule has 0 aliphatic heterocycles. The highest BCUT2D eigenvalue weighted by Gasteiger charge is 2.41. The number of anilines is 1. The van der Waals surface area contributed by atoms with Crippen LogP contribution in [0.1, 0.15) is 38.2 Å². The molecule has 2 rings (SSSR count). The number of nitriles is 1. The fourth-order valence-electron chi connectivity index (χ4n) is 2.83. The van der Waals surface area contributed by atoms with Gasteiger partial charge in [0.25, 0.3) is 0 Å². The maximum absolute atomic E-state index is 11.7. The molecule has 1 aromatic carbocycles. The van der Waals surface area contributed by atoms with E-state index in [1.165, 1.54) is 0 Å². The maximum Gasteiger partial charge on any atom is 0.311 e. The van der Waals surface area contributed by atoms with Gasteiger partial charge in [0.2, 0.25) is 0 Å². The van der Waals surface area contributed by atoms with E-state index in [1.54, 1.807) is 6.07 Å². The molecule has 0 saturated heterocycles. The number of carboxylic acids is 1. The van der Waals surface area contributed by atoms with Gasteiger partial charge in [-0.05, 0) is 59.7 Å². The third kappa shape index (κ3) is 3.38. The van der Waals surface area contributed by atoms with Crippen LogP contribution in [-0.4, -0.2) is 17.6 Å². The second kappa shape index (κ2) is 6.48. The molecule has 1 aliphatic rings. The molecule has 1 fully saturated rings. The van der Waals surface area contributed by atoms with Gasteiger partial charge in [0.05, 0.1) is 16.7 Å². The number of hydrogen-bond donors (Lipinski definition) is 2. The fraction of sp³-hybridized carbons (Fsp3) is 0.500. The lowest BCUT2D eigenvalue weighted by atomic mass is 9.70. The zero-order valence-electron chi connectivity index (χ0n) is 12.0. The van der Waals surface area contributed by atoms with Crippen molar-refractivity contribution in [2.24, 2.45) is 11.3 Å². The first-order valence-electron chi connectivity index (χ1n) is 7.14. The van der Waals surface area contributed by atoms with Gasteiger partial charge in [-0.1, -0.05) is 13.0 Å². The zero-order valence-corrected chi connectivity index (χ0v) is 13.6. The van der Waals surface area contributed by atoms with Crippen molar-refractivity contribution in [2.75, 3.05) is 11.9 Å². The number of nitrogens with zero attached hydrogens (tertiary/aromatic N) is 1. The van der Waals surface area contributed by atoms with E-state index in [-0.39, 0.29) is 0 Å². The number of halogens is 1. The monoisotopic (exact) mass is 350 g/mol. The molecular weight excluding hydrogens is 332 g/mol. The van der Waals surface area contributed by atoms with Crippen LogP contribution in [-0.2, 0) is 4.79 Å². The van der Waals surface area contributed by atoms with Crippen LogP contribution in [0.25, 0.3) is 0 Å². The summed E-state index contributed by atoms with van der Waals surface area (Å²) < 4.78 is 0.719. The molecule has 1 aromatic rings. The van der Waals surface area contributed by atoms with Crippen LogP contribution in [0, 0.1) is 22.7 Å². The molecule has 0 atom stereocenters. The average molecular weight is 351 g/mol. The van der Waals surface area contributed by atoms with E-state index in [1.807, 2.05) is 12.1 Å². The summed E-state index contributed by atoms with van der Waals surface area (Å²) in [7, 11) is 0. The zero-order chi connectivity index (χ0) is 15.5. The number of carbonyl (C=O) groups is 1. The highest BCUT2D eigenvalue weighted by Crippen LogP contribution is 2.39. The Kier molecular flexibility index (Phi) is 4.89. The summed E-state index contributed by atoms with van der Waals surface area (Å²) in [5.41, 5.74) is 0.481. The summed E-state index contributed by atoms with van der Waals surface area (Å²) in [6, 6.07) is 7.59. The van der Waals surface area contributed by atoms with Crippen molar-refractivity contribution >= 4 is 27.6 Å². The van der Waals surface area contributed by atoms with E-state index >= 15 is 0 Å². The Bertz CT molecular complexity index is 572. The summed E-state index contributed by atoms with van der Waals surface area (Å²) >= 11 is 3.34. The SMILES string of the molecule is CC1CCC(CNc2cccc(Br)c2C#N)(C(=O)O)CC1. The third-order valence-electron chi connectivity index (χ3n) is 4.43. The van der Waals surface area contributed by atoms with E-state index in [0.29, 0.717) is 36.6 Å². The Labute approximate surface area is 133 Å². The quantitative estimate of drug-likeness (QED) is 0.860. The van der Waals surface area contributed by atoms with Crippen LogP contribution in [0.3, 0.4) is 0 Å². The average Bonchev–Trinajstić information content (AvgIpc) is 2.47. The molecule has 0 aromatic heterocycles. The molecule has 0 amide bonds. The molecule has 0 bridgehead atoms. The van der Waals surface area contributed by atoms with Crippen LogP contribution in [0.2, 0.25) is 0 Å². The molecule has 0 unspecified atom stereocenters. The summed E-state index contributed by atoms with van der Waals surface area (Å²) in [5, 5.41) is 22.0. The van der Waals surface area contributed by atoms with Crippen LogP contribution in [0.15, 0.2) is 22.7 Å². The smallest absolute Gasteiger partial charge is 0.311 e. The van der Waals surface area contributed by atoms with Crippen molar-refractivity contribution in [2.45, 2.75) is 32.6 Å². The fourth-order valence-corrected chi connectivity index (χ4v) is 3.29. The predicted molar refractivity (Wildman–Crippen MR) is 85.0 cm³/mol. The van der Waals surface area contributed by atoms with Gasteiger partial charge >= 0.3 is 5.97 Å². The minimum absolute atomic E-state index is 0.361. The number of aliphatic carboxylic acids is 1. The molecule has 0 radical (unpaired) electrons. The van der Waals surface area contributed by atoms with Crippen LogP contribution < -0.4 is 5.32 Å². The first-order chi connectivity index (χ1) is 9.98. The summed E-state index contributed by atoms with van der Waals surface area (Å²) in [5.74, 6) is -0.145. The van der Waals surface area contributed by atoms with Crippen molar-refractivity contribution in [1.82, 2.24) is 0 Å². The van der Waals surface area contributed by atoms with Gasteiger partial charge in [-0.2, -0.15) is 5.26 Å². The Hall–Kier alpha value is -1.54. The largest absolute Gasteiger partial charge is 0.481 e. The third-order valence-corrected chi connectivity index (χ3v) is 5.09. The van der Waals surface area contributed by atoms with Gasteiger partial charge in [0.1, 0.15) is 6.07 Å². The second-order valence-corrected chi connectivity index (χ2v) is 6.75. The minimum Gasteiger partial charge on any atom is -0.481 e. The lowest BCUT2D eigenvalue weighted by Gasteiger charge is -2.36. The Morgan fingerprint density at radius 1 is 1.52 bits per heavy atom. The molecule has 0 heterocycles. The van der Waals surface area contributed by atoms with Gasteiger partial charge in [0.15, 0.2) is 0 Å². The predicted octanol–water partition coefficient (Wildman–Crippen LogP) is 4.01. The number of nitrogens with one attached hydrogen (secondary N) is 1. The van der Waals surface area contributed by atoms with Crippen molar-refractivity contribution in [1.29, 1.82) is 5.26 Å². The molecular formula is C16H19BrN2O2. The lowest BCUT2D eigenvalue weighted by Crippen LogP contribution is -2.41. The van der Waals surface area contributed by atoms with Crippen LogP contribution >= 0.6 is 15.9 Å². The van der Waals surface area contributed by atoms with Gasteiger partial charge in [-0.25, -0.2) is 0 Å².